The average molecular weight is 324 g/mol. The topological polar surface area (TPSA) is 59.6 Å². The molecule has 6 heteroatoms. The van der Waals surface area contributed by atoms with E-state index < -0.39 is 0 Å². The SMILES string of the molecule is COc1cccc(OCCCNC(=O)CC2CSCCN2)c1. The van der Waals surface area contributed by atoms with Gasteiger partial charge in [-0.2, -0.15) is 11.8 Å². The number of ether oxygens (including phenoxy) is 2. The molecule has 1 aliphatic heterocycles. The zero-order valence-electron chi connectivity index (χ0n) is 13.0. The van der Waals surface area contributed by atoms with Gasteiger partial charge in [0.05, 0.1) is 13.7 Å². The van der Waals surface area contributed by atoms with Crippen LogP contribution in [0.3, 0.4) is 0 Å². The first-order valence-electron chi connectivity index (χ1n) is 7.62. The number of thioether (sulfide) groups is 1. The van der Waals surface area contributed by atoms with Gasteiger partial charge in [0.25, 0.3) is 0 Å². The van der Waals surface area contributed by atoms with Crippen LogP contribution in [-0.4, -0.2) is 50.3 Å². The molecule has 2 N–H and O–H groups in total. The molecule has 0 saturated carbocycles. The molecule has 0 spiro atoms. The Labute approximate surface area is 136 Å². The van der Waals surface area contributed by atoms with Crippen LogP contribution in [0.1, 0.15) is 12.8 Å². The molecule has 1 saturated heterocycles. The van der Waals surface area contributed by atoms with Crippen molar-refractivity contribution in [3.63, 3.8) is 0 Å². The minimum atomic E-state index is 0.112. The van der Waals surface area contributed by atoms with Gasteiger partial charge in [0.15, 0.2) is 0 Å². The van der Waals surface area contributed by atoms with Crippen LogP contribution in [0.25, 0.3) is 0 Å². The fourth-order valence-corrected chi connectivity index (χ4v) is 3.18. The van der Waals surface area contributed by atoms with Gasteiger partial charge in [0.2, 0.25) is 5.91 Å². The van der Waals surface area contributed by atoms with Gasteiger partial charge < -0.3 is 20.1 Å². The molecule has 0 aliphatic carbocycles. The van der Waals surface area contributed by atoms with Crippen LogP contribution in [0.4, 0.5) is 0 Å². The third-order valence-corrected chi connectivity index (χ3v) is 4.51. The number of carbonyl (C=O) groups excluding carboxylic acids is 1. The first kappa shape index (κ1) is 17.0. The third kappa shape index (κ3) is 6.15. The lowest BCUT2D eigenvalue weighted by Gasteiger charge is -2.22. The maximum atomic E-state index is 11.8. The van der Waals surface area contributed by atoms with E-state index in [0.717, 1.165) is 36.0 Å². The highest BCUT2D eigenvalue weighted by Crippen LogP contribution is 2.18. The largest absolute Gasteiger partial charge is 0.497 e. The van der Waals surface area contributed by atoms with E-state index >= 15 is 0 Å². The van der Waals surface area contributed by atoms with Gasteiger partial charge in [0.1, 0.15) is 11.5 Å². The number of hydrogen-bond acceptors (Lipinski definition) is 5. The molecule has 1 unspecified atom stereocenters. The molecule has 5 nitrogen and oxygen atoms in total. The molecule has 0 bridgehead atoms. The van der Waals surface area contributed by atoms with Gasteiger partial charge in [-0.1, -0.05) is 6.07 Å². The van der Waals surface area contributed by atoms with E-state index in [2.05, 4.69) is 10.6 Å². The van der Waals surface area contributed by atoms with Gasteiger partial charge in [0, 0.05) is 43.1 Å². The van der Waals surface area contributed by atoms with E-state index in [1.807, 2.05) is 36.0 Å². The number of carbonyl (C=O) groups is 1. The first-order valence-corrected chi connectivity index (χ1v) is 8.78. The quantitative estimate of drug-likeness (QED) is 0.713. The number of rotatable bonds is 8. The Hall–Kier alpha value is -1.40. The summed E-state index contributed by atoms with van der Waals surface area (Å²) < 4.78 is 10.8. The minimum Gasteiger partial charge on any atom is -0.497 e. The number of methoxy groups -OCH3 is 1. The average Bonchev–Trinajstić information content (AvgIpc) is 2.55. The van der Waals surface area contributed by atoms with Crippen molar-refractivity contribution in [2.75, 3.05) is 38.3 Å². The number of nitrogens with one attached hydrogen (secondary N) is 2. The highest BCUT2D eigenvalue weighted by molar-refractivity contribution is 7.99. The molecule has 22 heavy (non-hydrogen) atoms. The summed E-state index contributed by atoms with van der Waals surface area (Å²) in [5.74, 6) is 3.84. The van der Waals surface area contributed by atoms with Crippen LogP contribution >= 0.6 is 11.8 Å². The Balaban J connectivity index is 1.55. The molecule has 1 amide bonds. The second-order valence-corrected chi connectivity index (χ2v) is 6.31. The second-order valence-electron chi connectivity index (χ2n) is 5.16. The Kier molecular flexibility index (Phi) is 7.39. The standard InChI is InChI=1S/C16H24N2O3S/c1-20-14-4-2-5-15(11-14)21-8-3-6-18-16(19)10-13-12-22-9-7-17-13/h2,4-5,11,13,17H,3,6-10,12H2,1H3,(H,18,19). The Morgan fingerprint density at radius 3 is 3.09 bits per heavy atom. The van der Waals surface area contributed by atoms with Gasteiger partial charge >= 0.3 is 0 Å². The van der Waals surface area contributed by atoms with Crippen LogP contribution < -0.4 is 20.1 Å². The molecular weight excluding hydrogens is 300 g/mol. The van der Waals surface area contributed by atoms with E-state index in [9.17, 15) is 4.79 Å². The highest BCUT2D eigenvalue weighted by Gasteiger charge is 2.16. The van der Waals surface area contributed by atoms with Crippen molar-refractivity contribution < 1.29 is 14.3 Å². The van der Waals surface area contributed by atoms with Crippen LogP contribution in [0.5, 0.6) is 11.5 Å². The first-order chi connectivity index (χ1) is 10.8. The summed E-state index contributed by atoms with van der Waals surface area (Å²) in [5, 5.41) is 6.31. The van der Waals surface area contributed by atoms with Gasteiger partial charge in [-0.05, 0) is 18.6 Å². The fraction of sp³-hybridized carbons (Fsp3) is 0.562. The molecule has 1 aliphatic rings. The lowest BCUT2D eigenvalue weighted by molar-refractivity contribution is -0.121. The predicted molar refractivity (Wildman–Crippen MR) is 89.8 cm³/mol. The maximum absolute atomic E-state index is 11.8. The number of amides is 1. The highest BCUT2D eigenvalue weighted by atomic mass is 32.2. The van der Waals surface area contributed by atoms with Crippen LogP contribution in [0, 0.1) is 0 Å². The smallest absolute Gasteiger partial charge is 0.221 e. The maximum Gasteiger partial charge on any atom is 0.221 e. The molecule has 1 aromatic rings. The molecule has 1 aromatic carbocycles. The zero-order chi connectivity index (χ0) is 15.6. The monoisotopic (exact) mass is 324 g/mol. The van der Waals surface area contributed by atoms with E-state index in [0.29, 0.717) is 25.6 Å². The molecule has 1 atom stereocenters. The summed E-state index contributed by atoms with van der Waals surface area (Å²) in [6, 6.07) is 7.83. The molecular formula is C16H24N2O3S. The van der Waals surface area contributed by atoms with E-state index in [1.54, 1.807) is 7.11 Å². The van der Waals surface area contributed by atoms with Crippen molar-refractivity contribution in [2.45, 2.75) is 18.9 Å². The van der Waals surface area contributed by atoms with Crippen molar-refractivity contribution in [3.05, 3.63) is 24.3 Å². The van der Waals surface area contributed by atoms with E-state index in [-0.39, 0.29) is 5.91 Å². The molecule has 0 aromatic heterocycles. The van der Waals surface area contributed by atoms with Crippen LogP contribution in [0.15, 0.2) is 24.3 Å². The van der Waals surface area contributed by atoms with Crippen LogP contribution in [0.2, 0.25) is 0 Å². The van der Waals surface area contributed by atoms with Gasteiger partial charge in [-0.3, -0.25) is 4.79 Å². The Morgan fingerprint density at radius 2 is 2.32 bits per heavy atom. The van der Waals surface area contributed by atoms with Crippen LogP contribution in [-0.2, 0) is 4.79 Å². The molecule has 122 valence electrons. The van der Waals surface area contributed by atoms with Crippen molar-refractivity contribution in [1.29, 1.82) is 0 Å². The van der Waals surface area contributed by atoms with Crippen molar-refractivity contribution in [2.24, 2.45) is 0 Å². The van der Waals surface area contributed by atoms with Gasteiger partial charge in [-0.15, -0.1) is 0 Å². The number of hydrogen-bond donors (Lipinski definition) is 2. The minimum absolute atomic E-state index is 0.112. The molecule has 2 rings (SSSR count). The molecule has 1 fully saturated rings. The summed E-state index contributed by atoms with van der Waals surface area (Å²) >= 11 is 1.90. The summed E-state index contributed by atoms with van der Waals surface area (Å²) in [4.78, 5) is 11.8. The molecule has 1 heterocycles. The Bertz CT molecular complexity index is 464. The Morgan fingerprint density at radius 1 is 1.45 bits per heavy atom. The van der Waals surface area contributed by atoms with Crippen molar-refractivity contribution >= 4 is 17.7 Å². The molecule has 0 radical (unpaired) electrons. The second kappa shape index (κ2) is 9.58. The fourth-order valence-electron chi connectivity index (χ4n) is 2.23. The normalized spacial score (nSPS) is 17.8. The summed E-state index contributed by atoms with van der Waals surface area (Å²) in [7, 11) is 1.63. The zero-order valence-corrected chi connectivity index (χ0v) is 13.8. The van der Waals surface area contributed by atoms with Gasteiger partial charge in [-0.25, -0.2) is 0 Å². The summed E-state index contributed by atoms with van der Waals surface area (Å²) in [6.45, 7) is 2.21. The number of benzene rings is 1. The predicted octanol–water partition coefficient (Wildman–Crippen LogP) is 1.68. The van der Waals surface area contributed by atoms with E-state index in [4.69, 9.17) is 9.47 Å². The third-order valence-electron chi connectivity index (χ3n) is 3.38. The summed E-state index contributed by atoms with van der Waals surface area (Å²) in [5.41, 5.74) is 0. The lowest BCUT2D eigenvalue weighted by Crippen LogP contribution is -2.41. The van der Waals surface area contributed by atoms with Crippen molar-refractivity contribution in [1.82, 2.24) is 10.6 Å². The van der Waals surface area contributed by atoms with Crippen molar-refractivity contribution in [3.8, 4) is 11.5 Å². The van der Waals surface area contributed by atoms with E-state index in [1.165, 1.54) is 0 Å². The lowest BCUT2D eigenvalue weighted by atomic mass is 10.2. The summed E-state index contributed by atoms with van der Waals surface area (Å²) in [6.07, 6.45) is 1.35.